The topological polar surface area (TPSA) is 127 Å². The molecule has 2 aromatic rings. The van der Waals surface area contributed by atoms with E-state index in [1.54, 1.807) is 12.3 Å². The molecule has 110 valence electrons. The van der Waals surface area contributed by atoms with Gasteiger partial charge in [0, 0.05) is 6.20 Å². The van der Waals surface area contributed by atoms with Crippen LogP contribution in [0.2, 0.25) is 0 Å². The Morgan fingerprint density at radius 2 is 2.29 bits per heavy atom. The normalized spacial score (nSPS) is 32.4. The highest BCUT2D eigenvalue weighted by molar-refractivity contribution is 5.86. The van der Waals surface area contributed by atoms with Crippen LogP contribution in [0.3, 0.4) is 0 Å². The quantitative estimate of drug-likeness (QED) is 0.502. The first kappa shape index (κ1) is 13.8. The van der Waals surface area contributed by atoms with Gasteiger partial charge in [0.05, 0.1) is 12.0 Å². The molecule has 1 fully saturated rings. The Labute approximate surface area is 119 Å². The van der Waals surface area contributed by atoms with Crippen molar-refractivity contribution in [1.29, 1.82) is 0 Å². The van der Waals surface area contributed by atoms with E-state index in [4.69, 9.17) is 16.9 Å². The predicted molar refractivity (Wildman–Crippen MR) is 72.7 cm³/mol. The number of ether oxygens (including phenoxy) is 1. The van der Waals surface area contributed by atoms with E-state index in [0.717, 1.165) is 0 Å². The molecule has 0 amide bonds. The van der Waals surface area contributed by atoms with E-state index in [-0.39, 0.29) is 5.82 Å². The Morgan fingerprint density at radius 3 is 2.95 bits per heavy atom. The monoisotopic (exact) mass is 290 g/mol. The SMILES string of the molecule is C#C[C@@]1(O)[C@@H](O)[C@@H](CO)O[C@H]1n1ccc2c(N)ncnc21. The lowest BCUT2D eigenvalue weighted by molar-refractivity contribution is -0.0718. The standard InChI is InChI=1S/C13H14N4O4/c1-2-13(20)9(19)8(5-18)21-12(13)17-4-3-7-10(14)15-6-16-11(7)17/h1,3-4,6,8-9,12,18-20H,5H2,(H2,14,15,16)/t8-,9+,12-,13-/m1/s1. The van der Waals surface area contributed by atoms with Gasteiger partial charge in [0.15, 0.2) is 11.8 Å². The van der Waals surface area contributed by atoms with E-state index >= 15 is 0 Å². The van der Waals surface area contributed by atoms with Crippen molar-refractivity contribution in [3.63, 3.8) is 0 Å². The van der Waals surface area contributed by atoms with E-state index in [0.29, 0.717) is 11.0 Å². The summed E-state index contributed by atoms with van der Waals surface area (Å²) in [4.78, 5) is 7.96. The average Bonchev–Trinajstić information content (AvgIpc) is 3.01. The molecule has 0 unspecified atom stereocenters. The van der Waals surface area contributed by atoms with Crippen LogP contribution in [0, 0.1) is 12.3 Å². The second-order valence-electron chi connectivity index (χ2n) is 4.84. The summed E-state index contributed by atoms with van der Waals surface area (Å²) < 4.78 is 6.96. The zero-order valence-corrected chi connectivity index (χ0v) is 10.9. The van der Waals surface area contributed by atoms with E-state index in [2.05, 4.69) is 15.9 Å². The molecule has 3 rings (SSSR count). The summed E-state index contributed by atoms with van der Waals surface area (Å²) in [5.74, 6) is 2.42. The predicted octanol–water partition coefficient (Wildman–Crippen LogP) is -1.37. The molecule has 0 spiro atoms. The molecule has 3 heterocycles. The fourth-order valence-corrected chi connectivity index (χ4v) is 2.53. The van der Waals surface area contributed by atoms with Crippen LogP contribution < -0.4 is 5.73 Å². The molecule has 0 aromatic carbocycles. The van der Waals surface area contributed by atoms with Crippen LogP contribution in [0.1, 0.15) is 6.23 Å². The lowest BCUT2D eigenvalue weighted by Gasteiger charge is -2.26. The van der Waals surface area contributed by atoms with Crippen LogP contribution >= 0.6 is 0 Å². The van der Waals surface area contributed by atoms with Crippen LogP contribution in [0.25, 0.3) is 11.0 Å². The highest BCUT2D eigenvalue weighted by Gasteiger charge is 2.55. The molecule has 1 aliphatic rings. The first-order chi connectivity index (χ1) is 10.0. The molecule has 2 aromatic heterocycles. The molecule has 0 saturated carbocycles. The number of aromatic nitrogens is 3. The molecular formula is C13H14N4O4. The molecule has 0 bridgehead atoms. The maximum absolute atomic E-state index is 10.5. The van der Waals surface area contributed by atoms with Crippen molar-refractivity contribution in [2.24, 2.45) is 0 Å². The average molecular weight is 290 g/mol. The van der Waals surface area contributed by atoms with Crippen molar-refractivity contribution in [2.45, 2.75) is 24.0 Å². The number of aliphatic hydroxyl groups is 3. The fourth-order valence-electron chi connectivity index (χ4n) is 2.53. The van der Waals surface area contributed by atoms with Gasteiger partial charge < -0.3 is 30.4 Å². The summed E-state index contributed by atoms with van der Waals surface area (Å²) in [7, 11) is 0. The van der Waals surface area contributed by atoms with Crippen molar-refractivity contribution < 1.29 is 20.1 Å². The number of anilines is 1. The Morgan fingerprint density at radius 1 is 1.52 bits per heavy atom. The maximum atomic E-state index is 10.5. The van der Waals surface area contributed by atoms with E-state index in [9.17, 15) is 15.3 Å². The van der Waals surface area contributed by atoms with Crippen molar-refractivity contribution in [3.05, 3.63) is 18.6 Å². The van der Waals surface area contributed by atoms with Gasteiger partial charge in [-0.2, -0.15) is 0 Å². The molecule has 5 N–H and O–H groups in total. The Balaban J connectivity index is 2.14. The van der Waals surface area contributed by atoms with Crippen LogP contribution in [-0.2, 0) is 4.74 Å². The van der Waals surface area contributed by atoms with Gasteiger partial charge >= 0.3 is 0 Å². The smallest absolute Gasteiger partial charge is 0.199 e. The van der Waals surface area contributed by atoms with E-state index in [1.165, 1.54) is 10.9 Å². The van der Waals surface area contributed by atoms with Crippen molar-refractivity contribution in [3.8, 4) is 12.3 Å². The number of nitrogen functional groups attached to an aromatic ring is 1. The highest BCUT2D eigenvalue weighted by Crippen LogP contribution is 2.39. The minimum Gasteiger partial charge on any atom is -0.394 e. The van der Waals surface area contributed by atoms with Gasteiger partial charge in [-0.25, -0.2) is 9.97 Å². The van der Waals surface area contributed by atoms with Gasteiger partial charge in [-0.3, -0.25) is 0 Å². The highest BCUT2D eigenvalue weighted by atomic mass is 16.6. The second kappa shape index (κ2) is 4.68. The van der Waals surface area contributed by atoms with Gasteiger partial charge in [0.25, 0.3) is 0 Å². The molecule has 1 aliphatic heterocycles. The number of hydrogen-bond donors (Lipinski definition) is 4. The Hall–Kier alpha value is -2.18. The van der Waals surface area contributed by atoms with Crippen LogP contribution in [0.15, 0.2) is 18.6 Å². The number of fused-ring (bicyclic) bond motifs is 1. The second-order valence-corrected chi connectivity index (χ2v) is 4.84. The summed E-state index contributed by atoms with van der Waals surface area (Å²) in [6.07, 6.45) is 4.70. The van der Waals surface area contributed by atoms with Crippen molar-refractivity contribution in [2.75, 3.05) is 12.3 Å². The molecular weight excluding hydrogens is 276 g/mol. The number of terminal acetylenes is 1. The zero-order valence-electron chi connectivity index (χ0n) is 10.9. The number of rotatable bonds is 2. The van der Waals surface area contributed by atoms with Gasteiger partial charge in [0.1, 0.15) is 30.0 Å². The third-order valence-electron chi connectivity index (χ3n) is 3.69. The molecule has 8 nitrogen and oxygen atoms in total. The molecule has 1 saturated heterocycles. The minimum absolute atomic E-state index is 0.278. The summed E-state index contributed by atoms with van der Waals surface area (Å²) in [6, 6.07) is 1.66. The largest absolute Gasteiger partial charge is 0.394 e. The summed E-state index contributed by atoms with van der Waals surface area (Å²) >= 11 is 0. The number of aliphatic hydroxyl groups excluding tert-OH is 2. The van der Waals surface area contributed by atoms with E-state index < -0.39 is 30.6 Å². The van der Waals surface area contributed by atoms with Gasteiger partial charge in [-0.15, -0.1) is 6.42 Å². The molecule has 4 atom stereocenters. The third kappa shape index (κ3) is 1.80. The Bertz CT molecular complexity index is 725. The Kier molecular flexibility index (Phi) is 3.07. The van der Waals surface area contributed by atoms with Crippen LogP contribution in [-0.4, -0.2) is 54.3 Å². The number of hydrogen-bond acceptors (Lipinski definition) is 7. The van der Waals surface area contributed by atoms with Gasteiger partial charge in [-0.1, -0.05) is 5.92 Å². The zero-order chi connectivity index (χ0) is 15.2. The maximum Gasteiger partial charge on any atom is 0.199 e. The van der Waals surface area contributed by atoms with Gasteiger partial charge in [0.2, 0.25) is 0 Å². The molecule has 0 radical (unpaired) electrons. The molecule has 0 aliphatic carbocycles. The van der Waals surface area contributed by atoms with Crippen LogP contribution in [0.5, 0.6) is 0 Å². The summed E-state index contributed by atoms with van der Waals surface area (Å²) in [5.41, 5.74) is 4.17. The van der Waals surface area contributed by atoms with Crippen molar-refractivity contribution >= 4 is 16.9 Å². The molecule has 8 heteroatoms. The summed E-state index contributed by atoms with van der Waals surface area (Å²) in [5, 5.41) is 30.4. The lowest BCUT2D eigenvalue weighted by Crippen LogP contribution is -2.45. The van der Waals surface area contributed by atoms with Crippen LogP contribution in [0.4, 0.5) is 5.82 Å². The first-order valence-corrected chi connectivity index (χ1v) is 6.24. The number of nitrogens with two attached hydrogens (primary N) is 1. The number of nitrogens with zero attached hydrogens (tertiary/aromatic N) is 3. The summed E-state index contributed by atoms with van der Waals surface area (Å²) in [6.45, 7) is -0.474. The first-order valence-electron chi connectivity index (χ1n) is 6.24. The van der Waals surface area contributed by atoms with E-state index in [1.807, 2.05) is 0 Å². The van der Waals surface area contributed by atoms with Gasteiger partial charge in [-0.05, 0) is 6.07 Å². The fraction of sp³-hybridized carbons (Fsp3) is 0.385. The lowest BCUT2D eigenvalue weighted by atomic mass is 9.95. The molecule has 21 heavy (non-hydrogen) atoms. The van der Waals surface area contributed by atoms with Crippen molar-refractivity contribution in [1.82, 2.24) is 14.5 Å². The minimum atomic E-state index is -1.99. The third-order valence-corrected chi connectivity index (χ3v) is 3.69.